The molecule has 1 saturated heterocycles. The van der Waals surface area contributed by atoms with Gasteiger partial charge in [-0.25, -0.2) is 14.6 Å². The molecule has 170 valence electrons. The molecule has 9 nitrogen and oxygen atoms in total. The highest BCUT2D eigenvalue weighted by molar-refractivity contribution is 6.30. The van der Waals surface area contributed by atoms with Crippen LogP contribution in [-0.2, 0) is 14.2 Å². The van der Waals surface area contributed by atoms with Gasteiger partial charge in [0.2, 0.25) is 5.95 Å². The Morgan fingerprint density at radius 3 is 1.90 bits per heavy atom. The molecule has 0 spiro atoms. The van der Waals surface area contributed by atoms with Crippen LogP contribution in [0.25, 0.3) is 0 Å². The summed E-state index contributed by atoms with van der Waals surface area (Å²) in [6, 6.07) is 1.32. The Morgan fingerprint density at radius 1 is 1.00 bits per heavy atom. The van der Waals surface area contributed by atoms with Crippen LogP contribution in [0.1, 0.15) is 55.4 Å². The summed E-state index contributed by atoms with van der Waals surface area (Å²) >= 11 is 6.15. The molecule has 10 heteroatoms. The lowest BCUT2D eigenvalue weighted by molar-refractivity contribution is 0.0429. The second-order valence-corrected chi connectivity index (χ2v) is 8.63. The average Bonchev–Trinajstić information content (AvgIpc) is 2.61. The summed E-state index contributed by atoms with van der Waals surface area (Å²) in [5.41, 5.74) is -1.64. The maximum Gasteiger partial charge on any atom is 0.425 e. The van der Waals surface area contributed by atoms with Gasteiger partial charge in [-0.15, -0.1) is 0 Å². The first kappa shape index (κ1) is 25.9. The van der Waals surface area contributed by atoms with Gasteiger partial charge in [0.1, 0.15) is 16.4 Å². The van der Waals surface area contributed by atoms with E-state index < -0.39 is 23.4 Å². The quantitative estimate of drug-likeness (QED) is 0.607. The van der Waals surface area contributed by atoms with E-state index in [4.69, 9.17) is 25.8 Å². The van der Waals surface area contributed by atoms with Crippen molar-refractivity contribution < 1.29 is 23.8 Å². The van der Waals surface area contributed by atoms with Gasteiger partial charge < -0.3 is 19.1 Å². The normalized spacial score (nSPS) is 14.4. The molecule has 1 aromatic rings. The third-order valence-corrected chi connectivity index (χ3v) is 3.54. The summed E-state index contributed by atoms with van der Waals surface area (Å²) in [7, 11) is 0. The van der Waals surface area contributed by atoms with Gasteiger partial charge in [-0.2, -0.15) is 9.88 Å². The number of hydrogen-bond acceptors (Lipinski definition) is 8. The number of ether oxygens (including phenoxy) is 3. The van der Waals surface area contributed by atoms with E-state index in [9.17, 15) is 9.59 Å². The van der Waals surface area contributed by atoms with Gasteiger partial charge in [0.05, 0.1) is 13.2 Å². The van der Waals surface area contributed by atoms with E-state index in [0.717, 1.165) is 4.90 Å². The van der Waals surface area contributed by atoms with Crippen LogP contribution in [0.2, 0.25) is 5.15 Å². The molecule has 2 rings (SSSR count). The summed E-state index contributed by atoms with van der Waals surface area (Å²) in [6.07, 6.45) is -1.83. The third kappa shape index (κ3) is 8.31. The molecule has 0 saturated carbocycles. The third-order valence-electron chi connectivity index (χ3n) is 3.34. The first-order valence-electron chi connectivity index (χ1n) is 9.99. The number of halogens is 1. The second-order valence-electron chi connectivity index (χ2n) is 8.24. The zero-order valence-electron chi connectivity index (χ0n) is 19.1. The first-order chi connectivity index (χ1) is 13.9. The topological polar surface area (TPSA) is 94.1 Å². The van der Waals surface area contributed by atoms with Crippen molar-refractivity contribution in [1.82, 2.24) is 9.97 Å². The number of aromatic nitrogens is 2. The smallest absolute Gasteiger partial charge is 0.425 e. The highest BCUT2D eigenvalue weighted by atomic mass is 35.5. The van der Waals surface area contributed by atoms with Crippen LogP contribution in [-0.4, -0.2) is 59.7 Å². The molecule has 1 aromatic heterocycles. The van der Waals surface area contributed by atoms with E-state index in [0.29, 0.717) is 32.3 Å². The fourth-order valence-corrected chi connectivity index (χ4v) is 2.46. The number of rotatable bonds is 2. The minimum atomic E-state index is -0.913. The van der Waals surface area contributed by atoms with Crippen molar-refractivity contribution in [3.8, 4) is 0 Å². The summed E-state index contributed by atoms with van der Waals surface area (Å²) < 4.78 is 16.1. The van der Waals surface area contributed by atoms with Crippen LogP contribution in [0.4, 0.5) is 21.4 Å². The first-order valence-corrected chi connectivity index (χ1v) is 10.4. The monoisotopic (exact) mass is 444 g/mol. The Bertz CT molecular complexity index is 697. The zero-order chi connectivity index (χ0) is 23.1. The Labute approximate surface area is 183 Å². The number of anilines is 2. The Balaban J connectivity index is 0.00000218. The molecule has 0 bridgehead atoms. The number of morpholine rings is 1. The SMILES string of the molecule is CC.CC(C)(C)OC(=O)N(C(=O)OC(C)(C)C)c1cc(Cl)nc(N2CCOCC2)n1. The Hall–Kier alpha value is -2.13. The molecular weight excluding hydrogens is 412 g/mol. The van der Waals surface area contributed by atoms with Gasteiger partial charge in [-0.05, 0) is 41.5 Å². The van der Waals surface area contributed by atoms with E-state index in [1.165, 1.54) is 6.07 Å². The second kappa shape index (κ2) is 10.8. The molecule has 30 heavy (non-hydrogen) atoms. The van der Waals surface area contributed by atoms with Crippen LogP contribution >= 0.6 is 11.6 Å². The molecule has 0 N–H and O–H groups in total. The summed E-state index contributed by atoms with van der Waals surface area (Å²) in [5.74, 6) is 0.271. The van der Waals surface area contributed by atoms with Crippen LogP contribution in [0, 0.1) is 0 Å². The van der Waals surface area contributed by atoms with Crippen LogP contribution in [0.5, 0.6) is 0 Å². The molecule has 0 aliphatic carbocycles. The van der Waals surface area contributed by atoms with Gasteiger partial charge in [0.15, 0.2) is 5.82 Å². The number of nitrogens with zero attached hydrogens (tertiary/aromatic N) is 4. The van der Waals surface area contributed by atoms with Crippen molar-refractivity contribution in [2.75, 3.05) is 36.1 Å². The van der Waals surface area contributed by atoms with Crippen molar-refractivity contribution in [2.24, 2.45) is 0 Å². The van der Waals surface area contributed by atoms with Gasteiger partial charge in [0.25, 0.3) is 0 Å². The van der Waals surface area contributed by atoms with Crippen LogP contribution < -0.4 is 9.80 Å². The fraction of sp³-hybridized carbons (Fsp3) is 0.700. The lowest BCUT2D eigenvalue weighted by Crippen LogP contribution is -2.44. The van der Waals surface area contributed by atoms with Crippen molar-refractivity contribution in [2.45, 2.75) is 66.6 Å². The minimum Gasteiger partial charge on any atom is -0.443 e. The molecule has 2 amide bonds. The van der Waals surface area contributed by atoms with E-state index in [2.05, 4.69) is 9.97 Å². The van der Waals surface area contributed by atoms with Crippen LogP contribution in [0.15, 0.2) is 6.07 Å². The highest BCUT2D eigenvalue weighted by Crippen LogP contribution is 2.25. The molecule has 2 heterocycles. The van der Waals surface area contributed by atoms with E-state index in [1.54, 1.807) is 41.5 Å². The molecule has 0 atom stereocenters. The number of amides is 2. The minimum absolute atomic E-state index is 0.0232. The molecule has 1 aliphatic rings. The molecule has 0 radical (unpaired) electrons. The largest absolute Gasteiger partial charge is 0.443 e. The lowest BCUT2D eigenvalue weighted by atomic mass is 10.2. The van der Waals surface area contributed by atoms with E-state index >= 15 is 0 Å². The van der Waals surface area contributed by atoms with E-state index in [-0.39, 0.29) is 11.0 Å². The highest BCUT2D eigenvalue weighted by Gasteiger charge is 2.34. The number of carbonyl (C=O) groups excluding carboxylic acids is 2. The van der Waals surface area contributed by atoms with Crippen molar-refractivity contribution in [3.05, 3.63) is 11.2 Å². The van der Waals surface area contributed by atoms with Crippen molar-refractivity contribution in [1.29, 1.82) is 0 Å². The Kier molecular flexibility index (Phi) is 9.30. The number of carbonyl (C=O) groups is 2. The van der Waals surface area contributed by atoms with Gasteiger partial charge in [-0.3, -0.25) is 0 Å². The predicted octanol–water partition coefficient (Wildman–Crippen LogP) is 4.67. The van der Waals surface area contributed by atoms with Crippen molar-refractivity contribution >= 4 is 35.6 Å². The summed E-state index contributed by atoms with van der Waals surface area (Å²) in [4.78, 5) is 36.7. The molecule has 0 unspecified atom stereocenters. The fourth-order valence-electron chi connectivity index (χ4n) is 2.29. The molecular formula is C20H33ClN4O5. The number of imide groups is 1. The molecule has 1 fully saturated rings. The van der Waals surface area contributed by atoms with Gasteiger partial charge in [0, 0.05) is 19.2 Å². The maximum atomic E-state index is 12.8. The predicted molar refractivity (Wildman–Crippen MR) is 116 cm³/mol. The zero-order valence-corrected chi connectivity index (χ0v) is 19.9. The van der Waals surface area contributed by atoms with Gasteiger partial charge >= 0.3 is 12.2 Å². The molecule has 1 aliphatic heterocycles. The maximum absolute atomic E-state index is 12.8. The van der Waals surface area contributed by atoms with Crippen molar-refractivity contribution in [3.63, 3.8) is 0 Å². The lowest BCUT2D eigenvalue weighted by Gasteiger charge is -2.30. The van der Waals surface area contributed by atoms with Crippen LogP contribution in [0.3, 0.4) is 0 Å². The number of hydrogen-bond donors (Lipinski definition) is 0. The molecule has 0 aromatic carbocycles. The van der Waals surface area contributed by atoms with E-state index in [1.807, 2.05) is 18.7 Å². The average molecular weight is 445 g/mol. The van der Waals surface area contributed by atoms with Gasteiger partial charge in [-0.1, -0.05) is 25.4 Å². The Morgan fingerprint density at radius 2 is 1.47 bits per heavy atom. The summed E-state index contributed by atoms with van der Waals surface area (Å²) in [5, 5.41) is 0.0867. The standard InChI is InChI=1S/C18H27ClN4O5.C2H6/c1-17(2,3)27-15(24)23(16(25)28-18(4,5)6)13-11-12(19)20-14(21-13)22-7-9-26-10-8-22;1-2/h11H,7-10H2,1-6H3;1-2H3. The summed E-state index contributed by atoms with van der Waals surface area (Å²) in [6.45, 7) is 16.4.